The molecule has 2 heteroatoms. The molecule has 2 unspecified atom stereocenters. The molecule has 0 spiro atoms. The van der Waals surface area contributed by atoms with E-state index in [1.165, 1.54) is 38.9 Å². The minimum absolute atomic E-state index is 0.771. The highest BCUT2D eigenvalue weighted by Crippen LogP contribution is 2.15. The molecule has 2 aliphatic rings. The highest BCUT2D eigenvalue weighted by Gasteiger charge is 2.21. The lowest BCUT2D eigenvalue weighted by Crippen LogP contribution is -2.34. The van der Waals surface area contributed by atoms with E-state index in [-0.39, 0.29) is 0 Å². The van der Waals surface area contributed by atoms with Crippen molar-refractivity contribution in [1.29, 1.82) is 0 Å². The topological polar surface area (TPSA) is 24.1 Å². The predicted octanol–water partition coefficient (Wildman–Crippen LogP) is 0.348. The molecule has 2 atom stereocenters. The zero-order chi connectivity index (χ0) is 6.81. The van der Waals surface area contributed by atoms with Gasteiger partial charge in [0.2, 0.25) is 0 Å². The van der Waals surface area contributed by atoms with Gasteiger partial charge in [-0.05, 0) is 31.8 Å². The van der Waals surface area contributed by atoms with Crippen molar-refractivity contribution in [3.8, 4) is 0 Å². The van der Waals surface area contributed by atoms with Crippen LogP contribution < -0.4 is 10.6 Å². The monoisotopic (exact) mass is 140 g/mol. The Hall–Kier alpha value is -0.0800. The van der Waals surface area contributed by atoms with Gasteiger partial charge >= 0.3 is 0 Å². The summed E-state index contributed by atoms with van der Waals surface area (Å²) >= 11 is 0. The molecular formula is C8H16N2. The van der Waals surface area contributed by atoms with Gasteiger partial charge in [-0.1, -0.05) is 6.42 Å². The summed E-state index contributed by atoms with van der Waals surface area (Å²) in [7, 11) is 0. The first kappa shape index (κ1) is 6.62. The number of fused-ring (bicyclic) bond motifs is 3. The van der Waals surface area contributed by atoms with Gasteiger partial charge in [0, 0.05) is 12.6 Å². The zero-order valence-electron chi connectivity index (χ0n) is 6.40. The molecule has 0 radical (unpaired) electrons. The van der Waals surface area contributed by atoms with Crippen LogP contribution >= 0.6 is 0 Å². The fraction of sp³-hybridized carbons (Fsp3) is 1.00. The summed E-state index contributed by atoms with van der Waals surface area (Å²) in [6.45, 7) is 3.68. The molecule has 2 rings (SSSR count). The van der Waals surface area contributed by atoms with Crippen molar-refractivity contribution >= 4 is 0 Å². The maximum absolute atomic E-state index is 3.58. The molecule has 2 saturated heterocycles. The second-order valence-corrected chi connectivity index (χ2v) is 3.56. The summed E-state index contributed by atoms with van der Waals surface area (Å²) in [5, 5.41) is 7.07. The Morgan fingerprint density at radius 3 is 3.00 bits per heavy atom. The molecule has 10 heavy (non-hydrogen) atoms. The van der Waals surface area contributed by atoms with E-state index in [0.717, 1.165) is 12.0 Å². The molecule has 2 nitrogen and oxygen atoms in total. The van der Waals surface area contributed by atoms with Gasteiger partial charge in [0.05, 0.1) is 0 Å². The van der Waals surface area contributed by atoms with Crippen LogP contribution in [-0.4, -0.2) is 25.7 Å². The lowest BCUT2D eigenvalue weighted by Gasteiger charge is -2.15. The quantitative estimate of drug-likeness (QED) is 0.507. The van der Waals surface area contributed by atoms with Crippen LogP contribution in [0.25, 0.3) is 0 Å². The van der Waals surface area contributed by atoms with Crippen LogP contribution in [0.3, 0.4) is 0 Å². The lowest BCUT2D eigenvalue weighted by atomic mass is 10.0. The maximum atomic E-state index is 3.58. The first-order chi connectivity index (χ1) is 4.95. The van der Waals surface area contributed by atoms with E-state index in [0.29, 0.717) is 0 Å². The summed E-state index contributed by atoms with van der Waals surface area (Å²) in [4.78, 5) is 0. The Kier molecular flexibility index (Phi) is 1.91. The summed E-state index contributed by atoms with van der Waals surface area (Å²) in [5.74, 6) is 0.910. The summed E-state index contributed by atoms with van der Waals surface area (Å²) < 4.78 is 0. The highest BCUT2D eigenvalue weighted by atomic mass is 15.0. The van der Waals surface area contributed by atoms with Gasteiger partial charge in [-0.15, -0.1) is 0 Å². The van der Waals surface area contributed by atoms with Crippen LogP contribution in [0.4, 0.5) is 0 Å². The third kappa shape index (κ3) is 1.32. The fourth-order valence-electron chi connectivity index (χ4n) is 2.00. The Labute approximate surface area is 62.4 Å². The molecule has 0 saturated carbocycles. The molecule has 58 valence electrons. The molecule has 0 aromatic carbocycles. The van der Waals surface area contributed by atoms with E-state index in [4.69, 9.17) is 0 Å². The van der Waals surface area contributed by atoms with Gasteiger partial charge in [0.15, 0.2) is 0 Å². The van der Waals surface area contributed by atoms with Crippen molar-refractivity contribution in [3.63, 3.8) is 0 Å². The van der Waals surface area contributed by atoms with Gasteiger partial charge in [0.1, 0.15) is 0 Å². The minimum atomic E-state index is 0.771. The third-order valence-corrected chi connectivity index (χ3v) is 2.68. The minimum Gasteiger partial charge on any atom is -0.315 e. The Morgan fingerprint density at radius 1 is 1.00 bits per heavy atom. The fourth-order valence-corrected chi connectivity index (χ4v) is 2.00. The molecule has 0 aromatic heterocycles. The van der Waals surface area contributed by atoms with Gasteiger partial charge in [-0.3, -0.25) is 0 Å². The number of rotatable bonds is 0. The van der Waals surface area contributed by atoms with E-state index in [1.807, 2.05) is 0 Å². The molecule has 2 heterocycles. The number of nitrogens with one attached hydrogen (secondary N) is 2. The summed E-state index contributed by atoms with van der Waals surface area (Å²) in [6.07, 6.45) is 4.24. The van der Waals surface area contributed by atoms with Gasteiger partial charge in [0.25, 0.3) is 0 Å². The summed E-state index contributed by atoms with van der Waals surface area (Å²) in [6, 6.07) is 0.771. The predicted molar refractivity (Wildman–Crippen MR) is 42.0 cm³/mol. The standard InChI is InChI=1S/C8H16N2/c1-2-7-4-9-6-8(3-1)10-5-7/h7-10H,1-6H2. The molecule has 2 aliphatic heterocycles. The van der Waals surface area contributed by atoms with Crippen molar-refractivity contribution in [2.24, 2.45) is 5.92 Å². The largest absolute Gasteiger partial charge is 0.315 e. The van der Waals surface area contributed by atoms with E-state index in [1.54, 1.807) is 0 Å². The molecule has 2 bridgehead atoms. The third-order valence-electron chi connectivity index (χ3n) is 2.68. The second-order valence-electron chi connectivity index (χ2n) is 3.56. The molecule has 0 aromatic rings. The molecule has 2 fully saturated rings. The van der Waals surface area contributed by atoms with Crippen molar-refractivity contribution in [1.82, 2.24) is 10.6 Å². The van der Waals surface area contributed by atoms with Crippen LogP contribution in [0, 0.1) is 5.92 Å². The normalized spacial score (nSPS) is 40.8. The van der Waals surface area contributed by atoms with Crippen LogP contribution in [0.5, 0.6) is 0 Å². The molecule has 0 aliphatic carbocycles. The van der Waals surface area contributed by atoms with Crippen LogP contribution in [-0.2, 0) is 0 Å². The smallest absolute Gasteiger partial charge is 0.0192 e. The van der Waals surface area contributed by atoms with Gasteiger partial charge in [-0.2, -0.15) is 0 Å². The van der Waals surface area contributed by atoms with E-state index in [9.17, 15) is 0 Å². The Bertz CT molecular complexity index is 91.8. The highest BCUT2D eigenvalue weighted by molar-refractivity contribution is 4.82. The van der Waals surface area contributed by atoms with Crippen molar-refractivity contribution < 1.29 is 0 Å². The van der Waals surface area contributed by atoms with Crippen molar-refractivity contribution in [2.75, 3.05) is 19.6 Å². The Balaban J connectivity index is 2.01. The van der Waals surface area contributed by atoms with Crippen LogP contribution in [0.1, 0.15) is 19.3 Å². The first-order valence-electron chi connectivity index (χ1n) is 4.39. The average Bonchev–Trinajstić information content (AvgIpc) is 2.17. The number of hydrogen-bond acceptors (Lipinski definition) is 2. The number of hydrogen-bond donors (Lipinski definition) is 2. The van der Waals surface area contributed by atoms with Crippen LogP contribution in [0.2, 0.25) is 0 Å². The summed E-state index contributed by atoms with van der Waals surface area (Å²) in [5.41, 5.74) is 0. The van der Waals surface area contributed by atoms with E-state index in [2.05, 4.69) is 10.6 Å². The van der Waals surface area contributed by atoms with Crippen LogP contribution in [0.15, 0.2) is 0 Å². The van der Waals surface area contributed by atoms with E-state index < -0.39 is 0 Å². The molecular weight excluding hydrogens is 124 g/mol. The molecule has 0 amide bonds. The second kappa shape index (κ2) is 2.89. The van der Waals surface area contributed by atoms with Gasteiger partial charge in [-0.25, -0.2) is 0 Å². The van der Waals surface area contributed by atoms with E-state index >= 15 is 0 Å². The zero-order valence-corrected chi connectivity index (χ0v) is 6.40. The molecule has 2 N–H and O–H groups in total. The first-order valence-corrected chi connectivity index (χ1v) is 4.39. The van der Waals surface area contributed by atoms with Gasteiger partial charge < -0.3 is 10.6 Å². The average molecular weight is 140 g/mol. The maximum Gasteiger partial charge on any atom is 0.0192 e. The Morgan fingerprint density at radius 2 is 2.00 bits per heavy atom. The van der Waals surface area contributed by atoms with Crippen molar-refractivity contribution in [3.05, 3.63) is 0 Å². The SMILES string of the molecule is C1CC2CNCC(C1)NC2. The lowest BCUT2D eigenvalue weighted by molar-refractivity contribution is 0.444. The van der Waals surface area contributed by atoms with Crippen molar-refractivity contribution in [2.45, 2.75) is 25.3 Å².